The Hall–Kier alpha value is -2.88. The molecule has 0 aliphatic carbocycles. The topological polar surface area (TPSA) is 74.6 Å². The Bertz CT molecular complexity index is 608. The lowest BCUT2D eigenvalue weighted by molar-refractivity contribution is -0.133. The van der Waals surface area contributed by atoms with Crippen LogP contribution in [0.2, 0.25) is 0 Å². The van der Waals surface area contributed by atoms with Crippen molar-refractivity contribution in [2.45, 2.75) is 27.7 Å². The summed E-state index contributed by atoms with van der Waals surface area (Å²) in [6.45, 7) is 6.92. The lowest BCUT2D eigenvalue weighted by Gasteiger charge is -1.90. The van der Waals surface area contributed by atoms with E-state index in [1.165, 1.54) is 0 Å². The highest BCUT2D eigenvalue weighted by Crippen LogP contribution is 2.01. The van der Waals surface area contributed by atoms with Gasteiger partial charge >= 0.3 is 11.9 Å². The molecule has 0 saturated heterocycles. The fraction of sp³-hybridized carbons (Fsp3) is 0.200. The van der Waals surface area contributed by atoms with E-state index in [9.17, 15) is 9.59 Å². The third-order valence-corrected chi connectivity index (χ3v) is 2.91. The van der Waals surface area contributed by atoms with Crippen LogP contribution in [0.4, 0.5) is 0 Å². The summed E-state index contributed by atoms with van der Waals surface area (Å²) in [5.74, 6) is -1.86. The highest BCUT2D eigenvalue weighted by atomic mass is 16.4. The first-order valence-electron chi connectivity index (χ1n) is 7.42. The minimum absolute atomic E-state index is 0.284. The zero-order valence-electron chi connectivity index (χ0n) is 14.5. The van der Waals surface area contributed by atoms with Crippen LogP contribution < -0.4 is 0 Å². The van der Waals surface area contributed by atoms with Crippen LogP contribution in [0.5, 0.6) is 0 Å². The molecule has 0 bridgehead atoms. The molecular formula is C20H24O4. The third-order valence-electron chi connectivity index (χ3n) is 2.91. The Morgan fingerprint density at radius 1 is 0.583 bits per heavy atom. The Morgan fingerprint density at radius 3 is 1.21 bits per heavy atom. The van der Waals surface area contributed by atoms with Crippen LogP contribution in [0.15, 0.2) is 83.1 Å². The van der Waals surface area contributed by atoms with Gasteiger partial charge in [-0.25, -0.2) is 9.59 Å². The van der Waals surface area contributed by atoms with Crippen molar-refractivity contribution in [1.82, 2.24) is 0 Å². The van der Waals surface area contributed by atoms with Crippen molar-refractivity contribution in [2.24, 2.45) is 0 Å². The molecule has 0 aromatic heterocycles. The van der Waals surface area contributed by atoms with Gasteiger partial charge in [0.2, 0.25) is 0 Å². The van der Waals surface area contributed by atoms with Gasteiger partial charge in [0.05, 0.1) is 0 Å². The Morgan fingerprint density at radius 2 is 0.917 bits per heavy atom. The molecule has 0 radical (unpaired) electrons. The van der Waals surface area contributed by atoms with Crippen LogP contribution in [-0.2, 0) is 9.59 Å². The molecule has 0 spiro atoms. The first kappa shape index (κ1) is 21.1. The van der Waals surface area contributed by atoms with Crippen LogP contribution in [0.25, 0.3) is 0 Å². The molecule has 0 saturated carbocycles. The number of carboxylic acids is 2. The van der Waals surface area contributed by atoms with Crippen molar-refractivity contribution in [3.05, 3.63) is 83.1 Å². The number of hydrogen-bond donors (Lipinski definition) is 2. The van der Waals surface area contributed by atoms with E-state index >= 15 is 0 Å². The van der Waals surface area contributed by atoms with Crippen LogP contribution >= 0.6 is 0 Å². The molecule has 0 rings (SSSR count). The molecule has 0 aliphatic rings. The molecule has 2 N–H and O–H groups in total. The van der Waals surface area contributed by atoms with E-state index in [1.54, 1.807) is 38.2 Å². The molecule has 0 unspecified atom stereocenters. The summed E-state index contributed by atoms with van der Waals surface area (Å²) in [5, 5.41) is 17.4. The molecule has 0 aliphatic heterocycles. The zero-order valence-corrected chi connectivity index (χ0v) is 14.5. The van der Waals surface area contributed by atoms with E-state index in [0.717, 1.165) is 11.1 Å². The fourth-order valence-corrected chi connectivity index (χ4v) is 1.36. The van der Waals surface area contributed by atoms with Crippen molar-refractivity contribution < 1.29 is 19.8 Å². The molecule has 24 heavy (non-hydrogen) atoms. The average molecular weight is 328 g/mol. The molecule has 0 heterocycles. The van der Waals surface area contributed by atoms with Gasteiger partial charge in [-0.2, -0.15) is 0 Å². The lowest BCUT2D eigenvalue weighted by Crippen LogP contribution is -1.94. The molecule has 0 atom stereocenters. The minimum Gasteiger partial charge on any atom is -0.478 e. The summed E-state index contributed by atoms with van der Waals surface area (Å²) in [5.41, 5.74) is 2.55. The van der Waals surface area contributed by atoms with Gasteiger partial charge < -0.3 is 10.2 Å². The largest absolute Gasteiger partial charge is 0.478 e. The maximum absolute atomic E-state index is 10.6. The first-order chi connectivity index (χ1) is 11.2. The lowest BCUT2D eigenvalue weighted by atomic mass is 10.2. The normalized spacial score (nSPS) is 15.0. The van der Waals surface area contributed by atoms with E-state index < -0.39 is 11.9 Å². The number of allylic oxidation sites excluding steroid dienone is 12. The Kier molecular flexibility index (Phi) is 10.3. The SMILES string of the molecule is CC(C=CC=C(C)C(=O)O)=C/C=C/C=C(C)/C=C/C=C(\C)C(=O)O. The standard InChI is InChI=1S/C20H24O4/c1-15(11-7-13-17(3)19(21)22)9-5-6-10-16(2)12-8-14-18(4)20(23)24/h5-14H,1-4H3,(H,21,22)(H,23,24)/b6-5+,11-7+,12-8?,15-9+,16-10?,17-13+,18-14?. The summed E-state index contributed by atoms with van der Waals surface area (Å²) < 4.78 is 0. The number of aliphatic carboxylic acids is 2. The van der Waals surface area contributed by atoms with Crippen LogP contribution in [0.1, 0.15) is 27.7 Å². The molecule has 0 amide bonds. The molecule has 0 aromatic carbocycles. The second kappa shape index (κ2) is 11.7. The van der Waals surface area contributed by atoms with Crippen molar-refractivity contribution in [3.63, 3.8) is 0 Å². The van der Waals surface area contributed by atoms with Crippen molar-refractivity contribution in [2.75, 3.05) is 0 Å². The number of rotatable bonds is 8. The minimum atomic E-state index is -0.928. The van der Waals surface area contributed by atoms with Crippen molar-refractivity contribution in [1.29, 1.82) is 0 Å². The van der Waals surface area contributed by atoms with Gasteiger partial charge in [0, 0.05) is 11.1 Å². The number of carbonyl (C=O) groups is 2. The van der Waals surface area contributed by atoms with Crippen LogP contribution in [0.3, 0.4) is 0 Å². The maximum atomic E-state index is 10.6. The molecule has 4 heteroatoms. The fourth-order valence-electron chi connectivity index (χ4n) is 1.36. The van der Waals surface area contributed by atoms with Gasteiger partial charge in [-0.15, -0.1) is 0 Å². The van der Waals surface area contributed by atoms with E-state index in [-0.39, 0.29) is 11.1 Å². The Labute approximate surface area is 143 Å². The van der Waals surface area contributed by atoms with Crippen LogP contribution in [-0.4, -0.2) is 22.2 Å². The second-order valence-electron chi connectivity index (χ2n) is 5.23. The molecule has 128 valence electrons. The Balaban J connectivity index is 4.63. The third kappa shape index (κ3) is 10.8. The molecule has 0 fully saturated rings. The van der Waals surface area contributed by atoms with Gasteiger partial charge in [0.15, 0.2) is 0 Å². The maximum Gasteiger partial charge on any atom is 0.331 e. The van der Waals surface area contributed by atoms with Crippen LogP contribution in [0, 0.1) is 0 Å². The monoisotopic (exact) mass is 328 g/mol. The smallest absolute Gasteiger partial charge is 0.331 e. The average Bonchev–Trinajstić information content (AvgIpc) is 2.51. The van der Waals surface area contributed by atoms with Gasteiger partial charge in [-0.05, 0) is 27.7 Å². The highest BCUT2D eigenvalue weighted by molar-refractivity contribution is 5.86. The number of hydrogen-bond acceptors (Lipinski definition) is 2. The van der Waals surface area contributed by atoms with E-state index in [4.69, 9.17) is 10.2 Å². The predicted molar refractivity (Wildman–Crippen MR) is 97.7 cm³/mol. The van der Waals surface area contributed by atoms with E-state index in [1.807, 2.05) is 50.3 Å². The van der Waals surface area contributed by atoms with Crippen molar-refractivity contribution >= 4 is 11.9 Å². The van der Waals surface area contributed by atoms with E-state index in [2.05, 4.69) is 0 Å². The van der Waals surface area contributed by atoms with Gasteiger partial charge in [0.1, 0.15) is 0 Å². The summed E-state index contributed by atoms with van der Waals surface area (Å²) >= 11 is 0. The summed E-state index contributed by atoms with van der Waals surface area (Å²) in [6, 6.07) is 0. The summed E-state index contributed by atoms with van der Waals surface area (Å²) in [4.78, 5) is 21.2. The van der Waals surface area contributed by atoms with Gasteiger partial charge in [-0.1, -0.05) is 71.9 Å². The number of carboxylic acid groups (broad SMARTS) is 2. The second-order valence-corrected chi connectivity index (χ2v) is 5.23. The van der Waals surface area contributed by atoms with E-state index in [0.29, 0.717) is 0 Å². The van der Waals surface area contributed by atoms with Crippen molar-refractivity contribution in [3.8, 4) is 0 Å². The summed E-state index contributed by atoms with van der Waals surface area (Å²) in [7, 11) is 0. The molecular weight excluding hydrogens is 304 g/mol. The molecule has 0 aromatic rings. The predicted octanol–water partition coefficient (Wildman–Crippen LogP) is 4.61. The zero-order chi connectivity index (χ0) is 18.5. The molecule has 4 nitrogen and oxygen atoms in total. The quantitative estimate of drug-likeness (QED) is 0.504. The highest BCUT2D eigenvalue weighted by Gasteiger charge is 1.96. The summed E-state index contributed by atoms with van der Waals surface area (Å²) in [6.07, 6.45) is 17.7. The first-order valence-corrected chi connectivity index (χ1v) is 7.42. The van der Waals surface area contributed by atoms with Gasteiger partial charge in [0.25, 0.3) is 0 Å². The van der Waals surface area contributed by atoms with Gasteiger partial charge in [-0.3, -0.25) is 0 Å².